The summed E-state index contributed by atoms with van der Waals surface area (Å²) in [6.07, 6.45) is 4.12. The molecule has 0 fully saturated rings. The van der Waals surface area contributed by atoms with Crippen molar-refractivity contribution in [2.45, 2.75) is 18.3 Å². The van der Waals surface area contributed by atoms with Crippen LogP contribution in [0.25, 0.3) is 11.1 Å². The zero-order valence-corrected chi connectivity index (χ0v) is 11.3. The molecule has 0 saturated heterocycles. The Hall–Kier alpha value is -2.08. The Morgan fingerprint density at radius 1 is 0.947 bits per heavy atom. The first-order valence-corrected chi connectivity index (χ1v) is 6.67. The van der Waals surface area contributed by atoms with Gasteiger partial charge in [-0.15, -0.1) is 13.2 Å². The molecule has 2 atom stereocenters. The first kappa shape index (κ1) is 12.0. The predicted molar refractivity (Wildman–Crippen MR) is 82.4 cm³/mol. The molecule has 0 aliphatic heterocycles. The van der Waals surface area contributed by atoms with Crippen molar-refractivity contribution in [2.75, 3.05) is 0 Å². The third-order valence-electron chi connectivity index (χ3n) is 4.40. The van der Waals surface area contributed by atoms with Gasteiger partial charge < -0.3 is 0 Å². The molecule has 0 bridgehead atoms. The molecule has 0 heteroatoms. The first-order chi connectivity index (χ1) is 9.22. The van der Waals surface area contributed by atoms with Crippen molar-refractivity contribution >= 4 is 0 Å². The van der Waals surface area contributed by atoms with Gasteiger partial charge in [0.05, 0.1) is 0 Å². The van der Waals surface area contributed by atoms with E-state index in [1.54, 1.807) is 0 Å². The molecule has 0 aromatic heterocycles. The van der Waals surface area contributed by atoms with E-state index in [0.29, 0.717) is 0 Å². The van der Waals surface area contributed by atoms with Gasteiger partial charge in [-0.3, -0.25) is 0 Å². The zero-order chi connectivity index (χ0) is 13.5. The van der Waals surface area contributed by atoms with Crippen molar-refractivity contribution in [3.05, 3.63) is 85.0 Å². The van der Waals surface area contributed by atoms with Gasteiger partial charge in [0.25, 0.3) is 0 Å². The van der Waals surface area contributed by atoms with E-state index in [1.165, 1.54) is 22.3 Å². The van der Waals surface area contributed by atoms with Gasteiger partial charge in [0.1, 0.15) is 0 Å². The quantitative estimate of drug-likeness (QED) is 0.648. The van der Waals surface area contributed by atoms with Gasteiger partial charge in [0.2, 0.25) is 0 Å². The van der Waals surface area contributed by atoms with Crippen molar-refractivity contribution < 1.29 is 0 Å². The van der Waals surface area contributed by atoms with E-state index in [2.05, 4.69) is 80.8 Å². The number of hydrogen-bond donors (Lipinski definition) is 0. The van der Waals surface area contributed by atoms with Crippen molar-refractivity contribution in [1.82, 2.24) is 0 Å². The molecule has 2 unspecified atom stereocenters. The van der Waals surface area contributed by atoms with E-state index in [4.69, 9.17) is 0 Å². The van der Waals surface area contributed by atoms with Gasteiger partial charge in [-0.05, 0) is 22.3 Å². The fourth-order valence-corrected chi connectivity index (χ4v) is 3.30. The van der Waals surface area contributed by atoms with Crippen LogP contribution in [-0.2, 0) is 5.41 Å². The smallest absolute Gasteiger partial charge is 0.0211 e. The Bertz CT molecular complexity index is 651. The summed E-state index contributed by atoms with van der Waals surface area (Å²) in [5, 5.41) is 0. The van der Waals surface area contributed by atoms with Crippen LogP contribution in [0.3, 0.4) is 0 Å². The average Bonchev–Trinajstić information content (AvgIpc) is 2.48. The highest BCUT2D eigenvalue weighted by Crippen LogP contribution is 2.51. The fraction of sp³-hybridized carbons (Fsp3) is 0.158. The van der Waals surface area contributed by atoms with Crippen molar-refractivity contribution in [1.29, 1.82) is 0 Å². The van der Waals surface area contributed by atoms with Gasteiger partial charge >= 0.3 is 0 Å². The van der Waals surface area contributed by atoms with Crippen LogP contribution in [0.1, 0.15) is 24.0 Å². The van der Waals surface area contributed by atoms with Crippen LogP contribution >= 0.6 is 0 Å². The number of hydrogen-bond acceptors (Lipinski definition) is 0. The molecule has 0 amide bonds. The van der Waals surface area contributed by atoms with E-state index >= 15 is 0 Å². The minimum absolute atomic E-state index is 0.0906. The second-order valence-electron chi connectivity index (χ2n) is 5.33. The molecule has 1 aliphatic carbocycles. The second-order valence-corrected chi connectivity index (χ2v) is 5.33. The van der Waals surface area contributed by atoms with E-state index in [0.717, 1.165) is 0 Å². The van der Waals surface area contributed by atoms with Crippen LogP contribution in [0.4, 0.5) is 0 Å². The van der Waals surface area contributed by atoms with Gasteiger partial charge in [-0.2, -0.15) is 0 Å². The SMILES string of the molecule is C=CC1c2ccccc2-c2ccccc2C1(C)C=C. The maximum Gasteiger partial charge on any atom is 0.0211 e. The summed E-state index contributed by atoms with van der Waals surface area (Å²) in [6, 6.07) is 17.2. The second kappa shape index (κ2) is 4.24. The standard InChI is InChI=1S/C19H18/c1-4-17-15-11-7-6-10-14(15)16-12-8-9-13-18(16)19(17,3)5-2/h4-13,17H,1-2H2,3H3. The fourth-order valence-electron chi connectivity index (χ4n) is 3.30. The number of allylic oxidation sites excluding steroid dienone is 2. The highest BCUT2D eigenvalue weighted by atomic mass is 14.4. The van der Waals surface area contributed by atoms with E-state index in [-0.39, 0.29) is 11.3 Å². The third-order valence-corrected chi connectivity index (χ3v) is 4.40. The lowest BCUT2D eigenvalue weighted by molar-refractivity contribution is 0.526. The largest absolute Gasteiger partial charge is 0.102 e. The zero-order valence-electron chi connectivity index (χ0n) is 11.3. The molecule has 94 valence electrons. The lowest BCUT2D eigenvalue weighted by atomic mass is 9.62. The van der Waals surface area contributed by atoms with Crippen LogP contribution in [0.5, 0.6) is 0 Å². The molecule has 0 N–H and O–H groups in total. The van der Waals surface area contributed by atoms with Crippen LogP contribution < -0.4 is 0 Å². The Kier molecular flexibility index (Phi) is 2.67. The van der Waals surface area contributed by atoms with Crippen LogP contribution in [-0.4, -0.2) is 0 Å². The normalized spacial score (nSPS) is 24.2. The van der Waals surface area contributed by atoms with Crippen LogP contribution in [0.15, 0.2) is 73.8 Å². The number of benzene rings is 2. The van der Waals surface area contributed by atoms with Gasteiger partial charge in [0, 0.05) is 11.3 Å². The molecule has 1 aliphatic rings. The van der Waals surface area contributed by atoms with Crippen molar-refractivity contribution in [2.24, 2.45) is 0 Å². The van der Waals surface area contributed by atoms with Crippen LogP contribution in [0, 0.1) is 0 Å². The maximum absolute atomic E-state index is 4.08. The lowest BCUT2D eigenvalue weighted by Gasteiger charge is -2.41. The molecule has 2 aromatic rings. The van der Waals surface area contributed by atoms with Crippen molar-refractivity contribution in [3.63, 3.8) is 0 Å². The van der Waals surface area contributed by atoms with Gasteiger partial charge in [0.15, 0.2) is 0 Å². The van der Waals surface area contributed by atoms with E-state index in [1.807, 2.05) is 0 Å². The maximum atomic E-state index is 4.08. The summed E-state index contributed by atoms with van der Waals surface area (Å²) in [7, 11) is 0. The van der Waals surface area contributed by atoms with E-state index in [9.17, 15) is 0 Å². The average molecular weight is 246 g/mol. The molecule has 0 nitrogen and oxygen atoms in total. The minimum Gasteiger partial charge on any atom is -0.102 e. The Balaban J connectivity index is 2.41. The molecule has 0 radical (unpaired) electrons. The Morgan fingerprint density at radius 2 is 1.58 bits per heavy atom. The monoisotopic (exact) mass is 246 g/mol. The third kappa shape index (κ3) is 1.53. The Labute approximate surface area is 115 Å². The van der Waals surface area contributed by atoms with Gasteiger partial charge in [-0.1, -0.05) is 67.6 Å². The molecule has 0 saturated carbocycles. The summed E-state index contributed by atoms with van der Waals surface area (Å²) < 4.78 is 0. The summed E-state index contributed by atoms with van der Waals surface area (Å²) >= 11 is 0. The Morgan fingerprint density at radius 3 is 2.26 bits per heavy atom. The topological polar surface area (TPSA) is 0 Å². The summed E-state index contributed by atoms with van der Waals surface area (Å²) in [6.45, 7) is 10.4. The summed E-state index contributed by atoms with van der Waals surface area (Å²) in [5.41, 5.74) is 5.24. The molecule has 0 spiro atoms. The van der Waals surface area contributed by atoms with Gasteiger partial charge in [-0.25, -0.2) is 0 Å². The highest BCUT2D eigenvalue weighted by Gasteiger charge is 2.39. The molecule has 19 heavy (non-hydrogen) atoms. The first-order valence-electron chi connectivity index (χ1n) is 6.67. The molecule has 2 aromatic carbocycles. The molecular weight excluding hydrogens is 228 g/mol. The van der Waals surface area contributed by atoms with Crippen LogP contribution in [0.2, 0.25) is 0 Å². The summed E-state index contributed by atoms with van der Waals surface area (Å²) in [5.74, 6) is 0.274. The van der Waals surface area contributed by atoms with Crippen molar-refractivity contribution in [3.8, 4) is 11.1 Å². The number of fused-ring (bicyclic) bond motifs is 3. The summed E-state index contributed by atoms with van der Waals surface area (Å²) in [4.78, 5) is 0. The molecule has 0 heterocycles. The number of rotatable bonds is 2. The highest BCUT2D eigenvalue weighted by molar-refractivity contribution is 5.77. The van der Waals surface area contributed by atoms with E-state index < -0.39 is 0 Å². The molecule has 3 rings (SSSR count). The molecular formula is C19H18. The minimum atomic E-state index is -0.0906. The predicted octanol–water partition coefficient (Wildman–Crippen LogP) is 5.08. The lowest BCUT2D eigenvalue weighted by Crippen LogP contribution is -2.31.